The zero-order chi connectivity index (χ0) is 15.7. The number of hydrogen-bond acceptors (Lipinski definition) is 4. The topological polar surface area (TPSA) is 82.9 Å². The number of aromatic nitrogens is 1. The van der Waals surface area contributed by atoms with Crippen molar-refractivity contribution in [2.24, 2.45) is 5.73 Å². The Kier molecular flexibility index (Phi) is 7.20. The van der Waals surface area contributed by atoms with E-state index in [-0.39, 0.29) is 5.76 Å². The van der Waals surface area contributed by atoms with E-state index in [0.717, 1.165) is 0 Å². The molecule has 4 heteroatoms. The van der Waals surface area contributed by atoms with Gasteiger partial charge in [-0.3, -0.25) is 4.98 Å². The van der Waals surface area contributed by atoms with Gasteiger partial charge in [0.05, 0.1) is 16.7 Å². The van der Waals surface area contributed by atoms with Crippen LogP contribution in [0.3, 0.4) is 0 Å². The summed E-state index contributed by atoms with van der Waals surface area (Å²) >= 11 is 0. The Morgan fingerprint density at radius 3 is 2.57 bits per heavy atom. The van der Waals surface area contributed by atoms with Crippen LogP contribution in [0.2, 0.25) is 0 Å². The molecule has 0 atom stereocenters. The molecule has 112 valence electrons. The lowest BCUT2D eigenvalue weighted by Gasteiger charge is -2.15. The van der Waals surface area contributed by atoms with E-state index in [1.807, 2.05) is 6.07 Å². The highest BCUT2D eigenvalue weighted by atomic mass is 16.3. The predicted molar refractivity (Wildman–Crippen MR) is 85.5 cm³/mol. The Morgan fingerprint density at radius 1 is 1.48 bits per heavy atom. The van der Waals surface area contributed by atoms with E-state index in [1.165, 1.54) is 38.2 Å². The lowest BCUT2D eigenvalue weighted by atomic mass is 9.97. The van der Waals surface area contributed by atoms with Gasteiger partial charge in [-0.1, -0.05) is 25.8 Å². The van der Waals surface area contributed by atoms with Crippen LogP contribution < -0.4 is 16.3 Å². The van der Waals surface area contributed by atoms with E-state index in [1.54, 1.807) is 25.3 Å². The number of aliphatic hydroxyl groups is 1. The Hall–Kier alpha value is -2.12. The maximum atomic E-state index is 9.36. The van der Waals surface area contributed by atoms with Gasteiger partial charge in [0.25, 0.3) is 0 Å². The second kappa shape index (κ2) is 8.93. The molecule has 3 N–H and O–H groups in total. The minimum Gasteiger partial charge on any atom is -0.512 e. The van der Waals surface area contributed by atoms with Crippen LogP contribution in [-0.4, -0.2) is 16.1 Å². The van der Waals surface area contributed by atoms with E-state index in [2.05, 4.69) is 11.6 Å². The van der Waals surface area contributed by atoms with Crippen LogP contribution in [-0.2, 0) is 0 Å². The van der Waals surface area contributed by atoms with Gasteiger partial charge in [-0.25, -0.2) is 0 Å². The molecule has 0 aliphatic heterocycles. The maximum absolute atomic E-state index is 9.36. The summed E-state index contributed by atoms with van der Waals surface area (Å²) in [4.78, 5) is 4.03. The van der Waals surface area contributed by atoms with Gasteiger partial charge in [-0.05, 0) is 38.0 Å². The summed E-state index contributed by atoms with van der Waals surface area (Å²) in [6, 6.07) is 5.92. The summed E-state index contributed by atoms with van der Waals surface area (Å²) in [5, 5.41) is 19.2. The van der Waals surface area contributed by atoms with Gasteiger partial charge in [-0.2, -0.15) is 5.26 Å². The van der Waals surface area contributed by atoms with Crippen molar-refractivity contribution in [3.63, 3.8) is 0 Å². The first-order chi connectivity index (χ1) is 10.1. The molecule has 1 aromatic rings. The molecule has 0 saturated heterocycles. The van der Waals surface area contributed by atoms with Gasteiger partial charge in [-0.15, -0.1) is 0 Å². The SMILES string of the molecule is C=C/C(C#N)=c1/nccc/c1=C(/C)O.NC1CCCCC1. The van der Waals surface area contributed by atoms with Crippen molar-refractivity contribution in [2.75, 3.05) is 0 Å². The Labute approximate surface area is 125 Å². The predicted octanol–water partition coefficient (Wildman–Crippen LogP) is 1.91. The van der Waals surface area contributed by atoms with E-state index in [0.29, 0.717) is 22.2 Å². The summed E-state index contributed by atoms with van der Waals surface area (Å²) in [6.45, 7) is 5.07. The van der Waals surface area contributed by atoms with Gasteiger partial charge < -0.3 is 10.8 Å². The van der Waals surface area contributed by atoms with E-state index in [4.69, 9.17) is 11.0 Å². The smallest absolute Gasteiger partial charge is 0.101 e. The van der Waals surface area contributed by atoms with Crippen LogP contribution in [0.25, 0.3) is 11.3 Å². The fourth-order valence-electron chi connectivity index (χ4n) is 2.24. The number of aliphatic hydroxyl groups excluding tert-OH is 1. The standard InChI is InChI=1S/C11H10N2O.C6H13N/c1-3-9(7-12)11-10(8(2)14)5-4-6-13-11;7-6-4-2-1-3-5-6/h3-6,14H,1H2,2H3;6H,1-5,7H2/b10-8+,11-9-;. The van der Waals surface area contributed by atoms with Gasteiger partial charge in [0.2, 0.25) is 0 Å². The van der Waals surface area contributed by atoms with Crippen molar-refractivity contribution < 1.29 is 5.11 Å². The summed E-state index contributed by atoms with van der Waals surface area (Å²) < 4.78 is 0. The molecule has 1 saturated carbocycles. The van der Waals surface area contributed by atoms with E-state index < -0.39 is 0 Å². The third-order valence-corrected chi connectivity index (χ3v) is 3.43. The van der Waals surface area contributed by atoms with Crippen molar-refractivity contribution in [3.8, 4) is 6.07 Å². The van der Waals surface area contributed by atoms with Crippen LogP contribution in [0, 0.1) is 11.3 Å². The van der Waals surface area contributed by atoms with Crippen molar-refractivity contribution >= 4 is 11.3 Å². The molecule has 0 spiro atoms. The lowest BCUT2D eigenvalue weighted by Crippen LogP contribution is -2.31. The highest BCUT2D eigenvalue weighted by Crippen LogP contribution is 2.14. The molecular formula is C17H23N3O. The quantitative estimate of drug-likeness (QED) is 0.825. The number of nitrogens with two attached hydrogens (primary N) is 1. The molecule has 0 bridgehead atoms. The molecule has 0 aromatic carbocycles. The van der Waals surface area contributed by atoms with Crippen LogP contribution in [0.5, 0.6) is 0 Å². The Morgan fingerprint density at radius 2 is 2.14 bits per heavy atom. The zero-order valence-electron chi connectivity index (χ0n) is 12.5. The molecule has 1 aliphatic rings. The molecule has 0 radical (unpaired) electrons. The number of nitriles is 1. The van der Waals surface area contributed by atoms with Crippen molar-refractivity contribution in [2.45, 2.75) is 45.1 Å². The molecule has 0 amide bonds. The summed E-state index contributed by atoms with van der Waals surface area (Å²) in [5.74, 6) is 0.141. The van der Waals surface area contributed by atoms with E-state index in [9.17, 15) is 5.11 Å². The van der Waals surface area contributed by atoms with Crippen LogP contribution in [0.15, 0.2) is 31.0 Å². The highest BCUT2D eigenvalue weighted by molar-refractivity contribution is 5.68. The molecule has 0 unspecified atom stereocenters. The third kappa shape index (κ3) is 5.41. The average molecular weight is 285 g/mol. The monoisotopic (exact) mass is 285 g/mol. The number of allylic oxidation sites excluding steroid dienone is 1. The van der Waals surface area contributed by atoms with Crippen LogP contribution in [0.4, 0.5) is 0 Å². The Balaban J connectivity index is 0.000000262. The third-order valence-electron chi connectivity index (χ3n) is 3.43. The molecule has 1 heterocycles. The number of hydrogen-bond donors (Lipinski definition) is 2. The van der Waals surface area contributed by atoms with Gasteiger partial charge in [0.1, 0.15) is 6.07 Å². The second-order valence-corrected chi connectivity index (χ2v) is 5.11. The minimum absolute atomic E-state index is 0.141. The van der Waals surface area contributed by atoms with Crippen molar-refractivity contribution in [1.82, 2.24) is 4.98 Å². The first-order valence-electron chi connectivity index (χ1n) is 7.23. The minimum atomic E-state index is 0.141. The van der Waals surface area contributed by atoms with E-state index >= 15 is 0 Å². The van der Waals surface area contributed by atoms with Crippen molar-refractivity contribution in [3.05, 3.63) is 41.6 Å². The van der Waals surface area contributed by atoms with Gasteiger partial charge in [0.15, 0.2) is 0 Å². The molecule has 2 rings (SSSR count). The Bertz CT molecular complexity index is 618. The molecule has 1 aromatic heterocycles. The average Bonchev–Trinajstić information content (AvgIpc) is 2.50. The molecule has 1 fully saturated rings. The molecule has 4 nitrogen and oxygen atoms in total. The first kappa shape index (κ1) is 16.9. The number of pyridine rings is 1. The normalized spacial score (nSPS) is 17.8. The highest BCUT2D eigenvalue weighted by Gasteiger charge is 2.06. The molecule has 1 aliphatic carbocycles. The fraction of sp³-hybridized carbons (Fsp3) is 0.412. The first-order valence-corrected chi connectivity index (χ1v) is 7.23. The zero-order valence-corrected chi connectivity index (χ0v) is 12.5. The number of rotatable bonds is 1. The number of nitrogens with zero attached hydrogens (tertiary/aromatic N) is 2. The molecule has 21 heavy (non-hydrogen) atoms. The maximum Gasteiger partial charge on any atom is 0.101 e. The summed E-state index contributed by atoms with van der Waals surface area (Å²) in [6.07, 6.45) is 9.66. The largest absolute Gasteiger partial charge is 0.512 e. The van der Waals surface area contributed by atoms with Crippen LogP contribution in [0.1, 0.15) is 39.0 Å². The summed E-state index contributed by atoms with van der Waals surface area (Å²) in [5.41, 5.74) is 5.99. The summed E-state index contributed by atoms with van der Waals surface area (Å²) in [7, 11) is 0. The van der Waals surface area contributed by atoms with Crippen LogP contribution >= 0.6 is 0 Å². The van der Waals surface area contributed by atoms with Crippen molar-refractivity contribution in [1.29, 1.82) is 5.26 Å². The lowest BCUT2D eigenvalue weighted by molar-refractivity contribution is 0.441. The van der Waals surface area contributed by atoms with Gasteiger partial charge >= 0.3 is 0 Å². The molecular weight excluding hydrogens is 262 g/mol. The van der Waals surface area contributed by atoms with Gasteiger partial charge in [0, 0.05) is 17.5 Å². The second-order valence-electron chi connectivity index (χ2n) is 5.11. The fourth-order valence-corrected chi connectivity index (χ4v) is 2.24.